The number of benzene rings is 1. The van der Waals surface area contributed by atoms with Crippen molar-refractivity contribution in [2.45, 2.75) is 13.8 Å². The number of hydrogen-bond acceptors (Lipinski definition) is 7. The molecule has 0 fully saturated rings. The van der Waals surface area contributed by atoms with E-state index in [-0.39, 0.29) is 12.3 Å². The third-order valence-corrected chi connectivity index (χ3v) is 3.91. The Morgan fingerprint density at radius 2 is 2.17 bits per heavy atom. The molecule has 0 bridgehead atoms. The Hall–Kier alpha value is -2.68. The number of rotatable bonds is 5. The summed E-state index contributed by atoms with van der Waals surface area (Å²) in [6.07, 6.45) is 0. The van der Waals surface area contributed by atoms with E-state index in [2.05, 4.69) is 38.4 Å². The first kappa shape index (κ1) is 17.7. The number of carbonyl (C=O) groups excluding carboxylic acids is 1. The fraction of sp³-hybridized carbons (Fsp3) is 0.200. The number of halogens is 1. The molecule has 126 valence electrons. The predicted molar refractivity (Wildman–Crippen MR) is 93.5 cm³/mol. The molecule has 8 nitrogen and oxygen atoms in total. The molecule has 0 spiro atoms. The molecule has 2 N–H and O–H groups in total. The molecule has 1 aliphatic rings. The van der Waals surface area contributed by atoms with Gasteiger partial charge in [0, 0.05) is 22.2 Å². The third-order valence-electron chi connectivity index (χ3n) is 3.22. The lowest BCUT2D eigenvalue weighted by Gasteiger charge is -2.11. The summed E-state index contributed by atoms with van der Waals surface area (Å²) in [6, 6.07) is 4.31. The molecular weight excluding hydrogens is 380 g/mol. The van der Waals surface area contributed by atoms with Gasteiger partial charge in [-0.2, -0.15) is 0 Å². The first-order valence-electron chi connectivity index (χ1n) is 6.97. The van der Waals surface area contributed by atoms with E-state index in [1.165, 1.54) is 12.1 Å². The highest BCUT2D eigenvalue weighted by Gasteiger charge is 2.26. The summed E-state index contributed by atoms with van der Waals surface area (Å²) in [5.74, 6) is -0.0986. The molecule has 0 aliphatic carbocycles. The number of non-ortho nitro benzene ring substituents is 1. The Morgan fingerprint density at radius 3 is 2.79 bits per heavy atom. The SMILES string of the molecule is C=C1N=C(NNc2cc([N+](=O)[O-])ccc2Br)C(C)=C1C(=O)OCC. The molecule has 0 saturated carbocycles. The topological polar surface area (TPSA) is 106 Å². The second-order valence-corrected chi connectivity index (χ2v) is 5.65. The normalized spacial score (nSPS) is 13.6. The number of nitrogens with zero attached hydrogens (tertiary/aromatic N) is 2. The maximum Gasteiger partial charge on any atom is 0.340 e. The van der Waals surface area contributed by atoms with E-state index < -0.39 is 10.9 Å². The second kappa shape index (κ2) is 7.26. The summed E-state index contributed by atoms with van der Waals surface area (Å²) in [6.45, 7) is 7.42. The highest BCUT2D eigenvalue weighted by atomic mass is 79.9. The minimum absolute atomic E-state index is 0.0558. The smallest absolute Gasteiger partial charge is 0.340 e. The van der Waals surface area contributed by atoms with Crippen LogP contribution < -0.4 is 10.9 Å². The first-order chi connectivity index (χ1) is 11.3. The molecule has 1 aromatic rings. The van der Waals surface area contributed by atoms with Crippen LogP contribution in [0.4, 0.5) is 11.4 Å². The molecule has 9 heteroatoms. The lowest BCUT2D eigenvalue weighted by atomic mass is 10.1. The average molecular weight is 395 g/mol. The van der Waals surface area contributed by atoms with Crippen LogP contribution in [0.25, 0.3) is 0 Å². The van der Waals surface area contributed by atoms with Crippen LogP contribution in [-0.4, -0.2) is 23.3 Å². The van der Waals surface area contributed by atoms with E-state index in [0.717, 1.165) is 0 Å². The molecule has 1 aromatic carbocycles. The van der Waals surface area contributed by atoms with E-state index in [9.17, 15) is 14.9 Å². The van der Waals surface area contributed by atoms with Crippen molar-refractivity contribution in [2.24, 2.45) is 4.99 Å². The van der Waals surface area contributed by atoms with Gasteiger partial charge in [0.1, 0.15) is 5.84 Å². The minimum Gasteiger partial charge on any atom is -0.462 e. The number of ether oxygens (including phenoxy) is 1. The quantitative estimate of drug-likeness (QED) is 0.451. The van der Waals surface area contributed by atoms with Crippen LogP contribution in [0.1, 0.15) is 13.8 Å². The van der Waals surface area contributed by atoms with Gasteiger partial charge in [-0.3, -0.25) is 21.0 Å². The zero-order valence-corrected chi connectivity index (χ0v) is 14.6. The Bertz CT molecular complexity index is 786. The number of hydrazine groups is 1. The lowest BCUT2D eigenvalue weighted by molar-refractivity contribution is -0.384. The van der Waals surface area contributed by atoms with Gasteiger partial charge in [-0.1, -0.05) is 6.58 Å². The maximum atomic E-state index is 11.9. The summed E-state index contributed by atoms with van der Waals surface area (Å²) in [5.41, 5.74) is 7.24. The molecule has 0 atom stereocenters. The molecule has 1 aliphatic heterocycles. The minimum atomic E-state index is -0.490. The summed E-state index contributed by atoms with van der Waals surface area (Å²) >= 11 is 3.30. The number of nitrogens with one attached hydrogen (secondary N) is 2. The van der Waals surface area contributed by atoms with Crippen molar-refractivity contribution in [3.63, 3.8) is 0 Å². The van der Waals surface area contributed by atoms with Gasteiger partial charge >= 0.3 is 5.97 Å². The molecule has 0 saturated heterocycles. The fourth-order valence-corrected chi connectivity index (χ4v) is 2.40. The molecule has 0 aromatic heterocycles. The number of hydrogen-bond donors (Lipinski definition) is 2. The Balaban J connectivity index is 2.17. The number of esters is 1. The summed E-state index contributed by atoms with van der Waals surface area (Å²) in [5, 5.41) is 10.8. The van der Waals surface area contributed by atoms with Crippen LogP contribution in [0.3, 0.4) is 0 Å². The van der Waals surface area contributed by atoms with Gasteiger partial charge in [0.15, 0.2) is 0 Å². The van der Waals surface area contributed by atoms with E-state index in [1.54, 1.807) is 19.9 Å². The predicted octanol–water partition coefficient (Wildman–Crippen LogP) is 3.08. The van der Waals surface area contributed by atoms with Crippen molar-refractivity contribution in [1.29, 1.82) is 0 Å². The number of aliphatic imine (C=N–C) groups is 1. The van der Waals surface area contributed by atoms with Crippen molar-refractivity contribution in [1.82, 2.24) is 5.43 Å². The van der Waals surface area contributed by atoms with Crippen molar-refractivity contribution >= 4 is 39.1 Å². The lowest BCUT2D eigenvalue weighted by Crippen LogP contribution is -2.29. The van der Waals surface area contributed by atoms with Crippen LogP contribution in [0.5, 0.6) is 0 Å². The van der Waals surface area contributed by atoms with Crippen molar-refractivity contribution in [2.75, 3.05) is 12.0 Å². The van der Waals surface area contributed by atoms with Crippen LogP contribution in [0, 0.1) is 10.1 Å². The Morgan fingerprint density at radius 1 is 1.46 bits per heavy atom. The zero-order valence-electron chi connectivity index (χ0n) is 13.1. The van der Waals surface area contributed by atoms with E-state index in [0.29, 0.717) is 32.8 Å². The highest BCUT2D eigenvalue weighted by molar-refractivity contribution is 9.10. The van der Waals surface area contributed by atoms with Gasteiger partial charge < -0.3 is 4.74 Å². The molecule has 2 rings (SSSR count). The Labute approximate surface area is 146 Å². The molecule has 0 unspecified atom stereocenters. The second-order valence-electron chi connectivity index (χ2n) is 4.80. The van der Waals surface area contributed by atoms with Gasteiger partial charge in [0.2, 0.25) is 0 Å². The number of nitro benzene ring substituents is 1. The highest BCUT2D eigenvalue weighted by Crippen LogP contribution is 2.28. The van der Waals surface area contributed by atoms with E-state index >= 15 is 0 Å². The van der Waals surface area contributed by atoms with Gasteiger partial charge in [-0.05, 0) is 35.8 Å². The fourth-order valence-electron chi connectivity index (χ4n) is 2.05. The summed E-state index contributed by atoms with van der Waals surface area (Å²) in [7, 11) is 0. The number of nitro groups is 1. The van der Waals surface area contributed by atoms with Crippen molar-refractivity contribution in [3.05, 3.63) is 56.2 Å². The number of anilines is 1. The van der Waals surface area contributed by atoms with Crippen molar-refractivity contribution < 1.29 is 14.5 Å². The van der Waals surface area contributed by atoms with Gasteiger partial charge in [-0.15, -0.1) is 0 Å². The van der Waals surface area contributed by atoms with E-state index in [1.807, 2.05) is 0 Å². The molecular formula is C15H15BrN4O4. The number of amidine groups is 1. The summed E-state index contributed by atoms with van der Waals surface area (Å²) in [4.78, 5) is 26.5. The van der Waals surface area contributed by atoms with Crippen molar-refractivity contribution in [3.8, 4) is 0 Å². The van der Waals surface area contributed by atoms with E-state index in [4.69, 9.17) is 4.74 Å². The largest absolute Gasteiger partial charge is 0.462 e. The molecule has 0 amide bonds. The monoisotopic (exact) mass is 394 g/mol. The summed E-state index contributed by atoms with van der Waals surface area (Å²) < 4.78 is 5.61. The Kier molecular flexibility index (Phi) is 5.35. The van der Waals surface area contributed by atoms with Crippen LogP contribution in [0.15, 0.2) is 51.1 Å². The average Bonchev–Trinajstić information content (AvgIpc) is 2.80. The zero-order chi connectivity index (χ0) is 17.9. The van der Waals surface area contributed by atoms with Crippen LogP contribution in [0.2, 0.25) is 0 Å². The first-order valence-corrected chi connectivity index (χ1v) is 7.76. The van der Waals surface area contributed by atoms with Crippen LogP contribution in [-0.2, 0) is 9.53 Å². The van der Waals surface area contributed by atoms with Gasteiger partial charge in [0.25, 0.3) is 5.69 Å². The molecule has 0 radical (unpaired) electrons. The standard InChI is InChI=1S/C15H15BrN4O4/c1-4-24-15(21)13-8(2)14(17-9(13)3)19-18-12-7-10(20(22)23)5-6-11(12)16/h5-7,18H,3-4H2,1-2H3,(H,17,19). The number of carbonyl (C=O) groups is 1. The van der Waals surface area contributed by atoms with Gasteiger partial charge in [0.05, 0.1) is 28.5 Å². The van der Waals surface area contributed by atoms with Gasteiger partial charge in [-0.25, -0.2) is 9.79 Å². The molecule has 1 heterocycles. The maximum absolute atomic E-state index is 11.9. The van der Waals surface area contributed by atoms with Crippen LogP contribution >= 0.6 is 15.9 Å². The third kappa shape index (κ3) is 3.62. The molecule has 24 heavy (non-hydrogen) atoms.